The molecule has 1 aliphatic heterocycles. The Morgan fingerprint density at radius 2 is 1.85 bits per heavy atom. The molecule has 3 rings (SSSR count). The summed E-state index contributed by atoms with van der Waals surface area (Å²) in [5.41, 5.74) is 0.926. The molecule has 1 fully saturated rings. The number of amides is 2. The van der Waals surface area contributed by atoms with Crippen molar-refractivity contribution in [3.8, 4) is 0 Å². The van der Waals surface area contributed by atoms with Crippen LogP contribution in [0.1, 0.15) is 35.2 Å². The van der Waals surface area contributed by atoms with Gasteiger partial charge in [-0.2, -0.15) is 0 Å². The summed E-state index contributed by atoms with van der Waals surface area (Å²) < 4.78 is 26.4. The van der Waals surface area contributed by atoms with E-state index in [0.29, 0.717) is 24.5 Å². The van der Waals surface area contributed by atoms with Gasteiger partial charge < -0.3 is 10.2 Å². The second-order valence-electron chi connectivity index (χ2n) is 6.54. The van der Waals surface area contributed by atoms with Crippen LogP contribution in [0.2, 0.25) is 5.02 Å². The summed E-state index contributed by atoms with van der Waals surface area (Å²) in [5, 5.41) is 3.28. The summed E-state index contributed by atoms with van der Waals surface area (Å²) in [6.07, 6.45) is 2.12. The Labute approximate surface area is 161 Å². The van der Waals surface area contributed by atoms with Gasteiger partial charge in [0.1, 0.15) is 6.04 Å². The van der Waals surface area contributed by atoms with Crippen molar-refractivity contribution in [2.24, 2.45) is 0 Å². The first kappa shape index (κ1) is 19.3. The van der Waals surface area contributed by atoms with E-state index in [1.165, 1.54) is 6.07 Å². The normalized spacial score (nSPS) is 17.5. The lowest BCUT2D eigenvalue weighted by Crippen LogP contribution is -2.47. The molecule has 1 unspecified atom stereocenters. The van der Waals surface area contributed by atoms with E-state index in [1.807, 2.05) is 12.1 Å². The minimum atomic E-state index is -1.10. The molecule has 1 N–H and O–H groups in total. The maximum absolute atomic E-state index is 13.4. The molecule has 142 valence electrons. The fraction of sp³-hybridized carbons (Fsp3) is 0.300. The van der Waals surface area contributed by atoms with Crippen LogP contribution in [0.5, 0.6) is 0 Å². The van der Waals surface area contributed by atoms with Crippen LogP contribution in [0, 0.1) is 11.6 Å². The number of carbonyl (C=O) groups is 2. The number of nitrogens with one attached hydrogen (secondary N) is 1. The monoisotopic (exact) mass is 392 g/mol. The molecule has 1 atom stereocenters. The number of halogens is 3. The van der Waals surface area contributed by atoms with Crippen molar-refractivity contribution in [3.63, 3.8) is 0 Å². The highest BCUT2D eigenvalue weighted by Gasteiger charge is 2.28. The van der Waals surface area contributed by atoms with Crippen molar-refractivity contribution < 1.29 is 18.4 Å². The van der Waals surface area contributed by atoms with Gasteiger partial charge in [0.05, 0.1) is 0 Å². The zero-order valence-corrected chi connectivity index (χ0v) is 15.3. The van der Waals surface area contributed by atoms with Gasteiger partial charge in [0, 0.05) is 23.7 Å². The lowest BCUT2D eigenvalue weighted by Gasteiger charge is -2.25. The molecular formula is C20H19ClF2N2O2. The van der Waals surface area contributed by atoms with Crippen molar-refractivity contribution >= 4 is 23.4 Å². The Hall–Kier alpha value is -2.47. The summed E-state index contributed by atoms with van der Waals surface area (Å²) in [6.45, 7) is 1.02. The van der Waals surface area contributed by atoms with Gasteiger partial charge in [-0.05, 0) is 55.2 Å². The van der Waals surface area contributed by atoms with Crippen LogP contribution < -0.4 is 5.32 Å². The highest BCUT2D eigenvalue weighted by molar-refractivity contribution is 6.30. The van der Waals surface area contributed by atoms with E-state index < -0.39 is 23.6 Å². The quantitative estimate of drug-likeness (QED) is 0.857. The molecule has 1 aliphatic rings. The molecule has 1 heterocycles. The lowest BCUT2D eigenvalue weighted by atomic mass is 10.1. The zero-order chi connectivity index (χ0) is 19.4. The molecule has 2 amide bonds. The molecule has 27 heavy (non-hydrogen) atoms. The molecule has 0 aromatic heterocycles. The maximum atomic E-state index is 13.4. The fourth-order valence-corrected chi connectivity index (χ4v) is 3.21. The van der Waals surface area contributed by atoms with Gasteiger partial charge >= 0.3 is 0 Å². The number of hydrogen-bond acceptors (Lipinski definition) is 2. The van der Waals surface area contributed by atoms with Crippen molar-refractivity contribution in [2.45, 2.75) is 31.8 Å². The molecule has 2 aromatic rings. The van der Waals surface area contributed by atoms with Gasteiger partial charge in [-0.3, -0.25) is 9.59 Å². The number of nitrogens with zero attached hydrogens (tertiary/aromatic N) is 1. The Morgan fingerprint density at radius 3 is 2.56 bits per heavy atom. The van der Waals surface area contributed by atoms with Gasteiger partial charge in [-0.1, -0.05) is 23.7 Å². The second-order valence-corrected chi connectivity index (χ2v) is 6.97. The molecule has 0 spiro atoms. The molecule has 2 aromatic carbocycles. The van der Waals surface area contributed by atoms with Crippen LogP contribution in [0.4, 0.5) is 8.78 Å². The van der Waals surface area contributed by atoms with E-state index in [0.717, 1.165) is 30.5 Å². The highest BCUT2D eigenvalue weighted by atomic mass is 35.5. The molecule has 0 aliphatic carbocycles. The van der Waals surface area contributed by atoms with Crippen LogP contribution in [0.3, 0.4) is 0 Å². The first-order valence-electron chi connectivity index (χ1n) is 8.73. The van der Waals surface area contributed by atoms with E-state index in [9.17, 15) is 18.4 Å². The molecule has 1 saturated heterocycles. The Bertz CT molecular complexity index is 842. The Kier molecular flexibility index (Phi) is 6.06. The Morgan fingerprint density at radius 1 is 1.11 bits per heavy atom. The van der Waals surface area contributed by atoms with Crippen LogP contribution in [0.15, 0.2) is 42.5 Å². The topological polar surface area (TPSA) is 49.4 Å². The van der Waals surface area contributed by atoms with E-state index in [2.05, 4.69) is 5.32 Å². The lowest BCUT2D eigenvalue weighted by molar-refractivity contribution is -0.133. The SMILES string of the molecule is O=C(NC1CCCCN(Cc2ccc(Cl)cc2)C1=O)c1ccc(F)c(F)c1. The highest BCUT2D eigenvalue weighted by Crippen LogP contribution is 2.18. The molecule has 0 radical (unpaired) electrons. The Balaban J connectivity index is 1.70. The predicted molar refractivity (Wildman–Crippen MR) is 98.3 cm³/mol. The third-order valence-corrected chi connectivity index (χ3v) is 4.81. The molecule has 0 bridgehead atoms. The summed E-state index contributed by atoms with van der Waals surface area (Å²) in [7, 11) is 0. The standard InChI is InChI=1S/C20H19ClF2N2O2/c21-15-7-4-13(5-8-15)12-25-10-2-1-3-18(20(25)27)24-19(26)14-6-9-16(22)17(23)11-14/h4-9,11,18H,1-3,10,12H2,(H,24,26). The zero-order valence-electron chi connectivity index (χ0n) is 14.6. The number of likely N-dealkylation sites (tertiary alicyclic amines) is 1. The van der Waals surface area contributed by atoms with Crippen molar-refractivity contribution in [1.82, 2.24) is 10.2 Å². The summed E-state index contributed by atoms with van der Waals surface area (Å²) in [4.78, 5) is 26.9. The molecule has 7 heteroatoms. The molecular weight excluding hydrogens is 374 g/mol. The van der Waals surface area contributed by atoms with Gasteiger partial charge in [0.2, 0.25) is 5.91 Å². The van der Waals surface area contributed by atoms with E-state index in [4.69, 9.17) is 11.6 Å². The minimum Gasteiger partial charge on any atom is -0.340 e. The number of carbonyl (C=O) groups excluding carboxylic acids is 2. The van der Waals surface area contributed by atoms with Crippen LogP contribution in [0.25, 0.3) is 0 Å². The van der Waals surface area contributed by atoms with E-state index in [-0.39, 0.29) is 11.5 Å². The smallest absolute Gasteiger partial charge is 0.252 e. The molecule has 4 nitrogen and oxygen atoms in total. The minimum absolute atomic E-state index is 0.0183. The largest absolute Gasteiger partial charge is 0.340 e. The predicted octanol–water partition coefficient (Wildman–Crippen LogP) is 3.93. The van der Waals surface area contributed by atoms with Gasteiger partial charge in [0.25, 0.3) is 5.91 Å². The number of rotatable bonds is 4. The van der Waals surface area contributed by atoms with Gasteiger partial charge in [0.15, 0.2) is 11.6 Å². The summed E-state index contributed by atoms with van der Waals surface area (Å²) >= 11 is 5.89. The van der Waals surface area contributed by atoms with E-state index in [1.54, 1.807) is 17.0 Å². The average Bonchev–Trinajstić information content (AvgIpc) is 2.82. The van der Waals surface area contributed by atoms with Crippen LogP contribution in [-0.4, -0.2) is 29.3 Å². The van der Waals surface area contributed by atoms with Crippen LogP contribution in [-0.2, 0) is 11.3 Å². The number of hydrogen-bond donors (Lipinski definition) is 1. The van der Waals surface area contributed by atoms with Crippen LogP contribution >= 0.6 is 11.6 Å². The van der Waals surface area contributed by atoms with Gasteiger partial charge in [-0.15, -0.1) is 0 Å². The second kappa shape index (κ2) is 8.48. The van der Waals surface area contributed by atoms with Gasteiger partial charge in [-0.25, -0.2) is 8.78 Å². The van der Waals surface area contributed by atoms with Crippen molar-refractivity contribution in [2.75, 3.05) is 6.54 Å². The number of benzene rings is 2. The maximum Gasteiger partial charge on any atom is 0.252 e. The van der Waals surface area contributed by atoms with Crippen molar-refractivity contribution in [1.29, 1.82) is 0 Å². The van der Waals surface area contributed by atoms with E-state index >= 15 is 0 Å². The third kappa shape index (κ3) is 4.83. The van der Waals surface area contributed by atoms with Crippen molar-refractivity contribution in [3.05, 3.63) is 70.2 Å². The molecule has 0 saturated carbocycles. The summed E-state index contributed by atoms with van der Waals surface area (Å²) in [5.74, 6) is -2.90. The summed E-state index contributed by atoms with van der Waals surface area (Å²) in [6, 6.07) is 9.47. The third-order valence-electron chi connectivity index (χ3n) is 4.55. The first-order chi connectivity index (χ1) is 12.9. The first-order valence-corrected chi connectivity index (χ1v) is 9.11. The fourth-order valence-electron chi connectivity index (χ4n) is 3.09. The average molecular weight is 393 g/mol.